The summed E-state index contributed by atoms with van der Waals surface area (Å²) >= 11 is 1.31. The molecule has 0 aliphatic rings. The van der Waals surface area contributed by atoms with Crippen LogP contribution in [0.25, 0.3) is 0 Å². The summed E-state index contributed by atoms with van der Waals surface area (Å²) in [4.78, 5) is 33.0. The minimum Gasteiger partial charge on any atom is -0.462 e. The van der Waals surface area contributed by atoms with Crippen molar-refractivity contribution in [3.8, 4) is 0 Å². The van der Waals surface area contributed by atoms with Crippen molar-refractivity contribution < 1.29 is 14.3 Å². The molecule has 0 bridgehead atoms. The first kappa shape index (κ1) is 16.2. The minimum absolute atomic E-state index is 0.0726. The highest BCUT2D eigenvalue weighted by Gasteiger charge is 2.22. The van der Waals surface area contributed by atoms with Gasteiger partial charge < -0.3 is 4.74 Å². The molecule has 0 fully saturated rings. The molecule has 0 amide bonds. The van der Waals surface area contributed by atoms with Crippen molar-refractivity contribution in [3.05, 3.63) is 52.8 Å². The SMILES string of the molecule is CCOC(=O)c1cnc(SC)nc1C(=O)c1cccc(C)c1. The van der Waals surface area contributed by atoms with E-state index in [1.165, 1.54) is 18.0 Å². The van der Waals surface area contributed by atoms with Crippen molar-refractivity contribution in [1.82, 2.24) is 9.97 Å². The fourth-order valence-electron chi connectivity index (χ4n) is 1.92. The van der Waals surface area contributed by atoms with Crippen LogP contribution in [0, 0.1) is 6.92 Å². The van der Waals surface area contributed by atoms with Crippen LogP contribution in [0.4, 0.5) is 0 Å². The zero-order valence-electron chi connectivity index (χ0n) is 12.6. The summed E-state index contributed by atoms with van der Waals surface area (Å²) in [5, 5.41) is 0.434. The van der Waals surface area contributed by atoms with Crippen molar-refractivity contribution >= 4 is 23.5 Å². The molecule has 0 aliphatic heterocycles. The number of aryl methyl sites for hydroxylation is 1. The number of ether oxygens (including phenoxy) is 1. The lowest BCUT2D eigenvalue weighted by atomic mass is 10.0. The first-order valence-corrected chi connectivity index (χ1v) is 7.98. The molecule has 0 unspecified atom stereocenters. The average molecular weight is 316 g/mol. The quantitative estimate of drug-likeness (QED) is 0.366. The monoisotopic (exact) mass is 316 g/mol. The largest absolute Gasteiger partial charge is 0.462 e. The van der Waals surface area contributed by atoms with Crippen molar-refractivity contribution in [2.75, 3.05) is 12.9 Å². The lowest BCUT2D eigenvalue weighted by molar-refractivity contribution is 0.0522. The number of carbonyl (C=O) groups is 2. The van der Waals surface area contributed by atoms with Gasteiger partial charge in [-0.3, -0.25) is 4.79 Å². The Hall–Kier alpha value is -2.21. The third kappa shape index (κ3) is 3.51. The number of esters is 1. The Bertz CT molecular complexity index is 716. The topological polar surface area (TPSA) is 69.2 Å². The Morgan fingerprint density at radius 3 is 2.73 bits per heavy atom. The van der Waals surface area contributed by atoms with Crippen molar-refractivity contribution in [3.63, 3.8) is 0 Å². The maximum absolute atomic E-state index is 12.7. The van der Waals surface area contributed by atoms with E-state index in [2.05, 4.69) is 9.97 Å². The summed E-state index contributed by atoms with van der Waals surface area (Å²) in [5.74, 6) is -0.907. The van der Waals surface area contributed by atoms with E-state index in [1.807, 2.05) is 13.0 Å². The van der Waals surface area contributed by atoms with Crippen molar-refractivity contribution in [1.29, 1.82) is 0 Å². The number of rotatable bonds is 5. The highest BCUT2D eigenvalue weighted by molar-refractivity contribution is 7.98. The Kier molecular flexibility index (Phi) is 5.27. The summed E-state index contributed by atoms with van der Waals surface area (Å²) in [6.07, 6.45) is 3.15. The van der Waals surface area contributed by atoms with Crippen molar-refractivity contribution in [2.45, 2.75) is 19.0 Å². The number of carbonyl (C=O) groups excluding carboxylic acids is 2. The van der Waals surface area contributed by atoms with Gasteiger partial charge in [-0.1, -0.05) is 35.5 Å². The van der Waals surface area contributed by atoms with Gasteiger partial charge in [-0.15, -0.1) is 0 Å². The number of hydrogen-bond donors (Lipinski definition) is 0. The van der Waals surface area contributed by atoms with Gasteiger partial charge >= 0.3 is 5.97 Å². The molecule has 6 heteroatoms. The molecule has 2 aromatic rings. The molecule has 5 nitrogen and oxygen atoms in total. The third-order valence-corrected chi connectivity index (χ3v) is 3.50. The van der Waals surface area contributed by atoms with E-state index in [9.17, 15) is 9.59 Å². The molecule has 0 saturated carbocycles. The normalized spacial score (nSPS) is 10.3. The molecule has 114 valence electrons. The number of ketones is 1. The van der Waals surface area contributed by atoms with Crippen LogP contribution in [0.15, 0.2) is 35.6 Å². The van der Waals surface area contributed by atoms with Gasteiger partial charge in [0.25, 0.3) is 0 Å². The smallest absolute Gasteiger partial charge is 0.342 e. The van der Waals surface area contributed by atoms with E-state index in [0.717, 1.165) is 5.56 Å². The van der Waals surface area contributed by atoms with Crippen LogP contribution in [0.2, 0.25) is 0 Å². The molecule has 0 spiro atoms. The fraction of sp³-hybridized carbons (Fsp3) is 0.250. The summed E-state index contributed by atoms with van der Waals surface area (Å²) in [5.41, 5.74) is 1.61. The summed E-state index contributed by atoms with van der Waals surface area (Å²) in [6.45, 7) is 3.83. The lowest BCUT2D eigenvalue weighted by Crippen LogP contribution is -2.16. The molecule has 0 aliphatic carbocycles. The van der Waals surface area contributed by atoms with E-state index >= 15 is 0 Å². The number of nitrogens with zero attached hydrogens (tertiary/aromatic N) is 2. The van der Waals surface area contributed by atoms with E-state index in [0.29, 0.717) is 10.7 Å². The zero-order valence-corrected chi connectivity index (χ0v) is 13.4. The summed E-state index contributed by atoms with van der Waals surface area (Å²) < 4.78 is 4.97. The highest BCUT2D eigenvalue weighted by atomic mass is 32.2. The number of benzene rings is 1. The number of hydrogen-bond acceptors (Lipinski definition) is 6. The minimum atomic E-state index is -0.592. The van der Waals surface area contributed by atoms with Gasteiger partial charge in [-0.25, -0.2) is 14.8 Å². The molecule has 0 N–H and O–H groups in total. The molecule has 0 saturated heterocycles. The second kappa shape index (κ2) is 7.17. The van der Waals surface area contributed by atoms with Gasteiger partial charge in [0, 0.05) is 11.8 Å². The van der Waals surface area contributed by atoms with Crippen LogP contribution in [-0.4, -0.2) is 34.6 Å². The Balaban J connectivity index is 2.51. The second-order valence-electron chi connectivity index (χ2n) is 4.54. The van der Waals surface area contributed by atoms with E-state index in [1.54, 1.807) is 31.4 Å². The first-order valence-electron chi connectivity index (χ1n) is 6.76. The number of thioether (sulfide) groups is 1. The van der Waals surface area contributed by atoms with Crippen LogP contribution in [0.1, 0.15) is 38.9 Å². The van der Waals surface area contributed by atoms with Crippen molar-refractivity contribution in [2.24, 2.45) is 0 Å². The molecule has 2 rings (SSSR count). The summed E-state index contributed by atoms with van der Waals surface area (Å²) in [7, 11) is 0. The van der Waals surface area contributed by atoms with Gasteiger partial charge in [-0.05, 0) is 26.2 Å². The van der Waals surface area contributed by atoms with Gasteiger partial charge in [0.2, 0.25) is 5.78 Å². The molecule has 1 heterocycles. The Morgan fingerprint density at radius 1 is 1.32 bits per heavy atom. The Labute approximate surface area is 133 Å². The lowest BCUT2D eigenvalue weighted by Gasteiger charge is -2.08. The van der Waals surface area contributed by atoms with Crippen LogP contribution in [0.5, 0.6) is 0 Å². The average Bonchev–Trinajstić information content (AvgIpc) is 2.53. The van der Waals surface area contributed by atoms with E-state index < -0.39 is 5.97 Å². The maximum atomic E-state index is 12.7. The molecule has 22 heavy (non-hydrogen) atoms. The Morgan fingerprint density at radius 2 is 2.09 bits per heavy atom. The highest BCUT2D eigenvalue weighted by Crippen LogP contribution is 2.17. The molecule has 0 radical (unpaired) electrons. The molecule has 1 aromatic heterocycles. The van der Waals surface area contributed by atoms with E-state index in [4.69, 9.17) is 4.74 Å². The molecular formula is C16H16N2O3S. The summed E-state index contributed by atoms with van der Waals surface area (Å²) in [6, 6.07) is 7.16. The van der Waals surface area contributed by atoms with Crippen LogP contribution in [-0.2, 0) is 4.74 Å². The van der Waals surface area contributed by atoms with Gasteiger partial charge in [0.05, 0.1) is 6.61 Å². The maximum Gasteiger partial charge on any atom is 0.342 e. The fourth-order valence-corrected chi connectivity index (χ4v) is 2.26. The molecule has 0 atom stereocenters. The van der Waals surface area contributed by atoms with Crippen LogP contribution < -0.4 is 0 Å². The predicted octanol–water partition coefficient (Wildman–Crippen LogP) is 2.91. The standard InChI is InChI=1S/C16H16N2O3S/c1-4-21-15(20)12-9-17-16(22-3)18-13(12)14(19)11-7-5-6-10(2)8-11/h5-9H,4H2,1-3H3. The third-order valence-electron chi connectivity index (χ3n) is 2.94. The van der Waals surface area contributed by atoms with Crippen LogP contribution in [0.3, 0.4) is 0 Å². The van der Waals surface area contributed by atoms with Crippen LogP contribution >= 0.6 is 11.8 Å². The van der Waals surface area contributed by atoms with Gasteiger partial charge in [-0.2, -0.15) is 0 Å². The predicted molar refractivity (Wildman–Crippen MR) is 84.4 cm³/mol. The van der Waals surface area contributed by atoms with Gasteiger partial charge in [0.1, 0.15) is 11.3 Å². The number of aromatic nitrogens is 2. The first-order chi connectivity index (χ1) is 10.6. The van der Waals surface area contributed by atoms with E-state index in [-0.39, 0.29) is 23.6 Å². The van der Waals surface area contributed by atoms with Gasteiger partial charge in [0.15, 0.2) is 5.16 Å². The second-order valence-corrected chi connectivity index (χ2v) is 5.31. The zero-order chi connectivity index (χ0) is 16.1. The molecular weight excluding hydrogens is 300 g/mol. The molecule has 1 aromatic carbocycles.